The molecule has 1 aromatic rings. The molecule has 0 aliphatic rings. The minimum Gasteiger partial charge on any atom is -0.392 e. The van der Waals surface area contributed by atoms with E-state index in [1.807, 2.05) is 11.5 Å². The summed E-state index contributed by atoms with van der Waals surface area (Å²) >= 11 is 5.86. The number of aromatic nitrogens is 1. The number of aliphatic hydroxyl groups is 1. The molecule has 0 aromatic carbocycles. The minimum absolute atomic E-state index is 0.207. The number of hydrogen-bond acceptors (Lipinski definition) is 2. The Hall–Kier alpha value is -1.00. The SMILES string of the molecule is CCCn1cc(Cl)cc1C(=O)NC[C@H](C)O. The molecule has 1 atom stereocenters. The molecule has 2 N–H and O–H groups in total. The fraction of sp³-hybridized carbons (Fsp3) is 0.545. The number of halogens is 1. The summed E-state index contributed by atoms with van der Waals surface area (Å²) in [4.78, 5) is 11.8. The molecule has 5 heteroatoms. The predicted octanol–water partition coefficient (Wildman–Crippen LogP) is 1.66. The zero-order valence-corrected chi connectivity index (χ0v) is 10.3. The zero-order valence-electron chi connectivity index (χ0n) is 9.53. The number of amides is 1. The standard InChI is InChI=1S/C11H17ClN2O2/c1-3-4-14-7-9(12)5-10(14)11(16)13-6-8(2)15/h5,7-8,15H,3-4,6H2,1-2H3,(H,13,16)/t8-/m0/s1. The molecule has 1 aromatic heterocycles. The molecule has 0 saturated heterocycles. The molecule has 0 spiro atoms. The highest BCUT2D eigenvalue weighted by molar-refractivity contribution is 6.31. The molecule has 0 fully saturated rings. The maximum atomic E-state index is 11.8. The third-order valence-corrected chi connectivity index (χ3v) is 2.33. The van der Waals surface area contributed by atoms with Crippen molar-refractivity contribution in [3.63, 3.8) is 0 Å². The lowest BCUT2D eigenvalue weighted by Gasteiger charge is -2.09. The minimum atomic E-state index is -0.547. The molecule has 1 heterocycles. The number of carbonyl (C=O) groups is 1. The molecule has 1 amide bonds. The summed E-state index contributed by atoms with van der Waals surface area (Å²) in [6, 6.07) is 1.63. The van der Waals surface area contributed by atoms with Crippen LogP contribution in [0.25, 0.3) is 0 Å². The molecule has 0 saturated carbocycles. The van der Waals surface area contributed by atoms with Crippen LogP contribution >= 0.6 is 11.6 Å². The third-order valence-electron chi connectivity index (χ3n) is 2.12. The van der Waals surface area contributed by atoms with Crippen molar-refractivity contribution in [2.75, 3.05) is 6.54 Å². The number of carbonyl (C=O) groups excluding carboxylic acids is 1. The van der Waals surface area contributed by atoms with Gasteiger partial charge in [-0.05, 0) is 19.4 Å². The summed E-state index contributed by atoms with van der Waals surface area (Å²) in [5.74, 6) is -0.207. The molecule has 0 unspecified atom stereocenters. The first-order valence-electron chi connectivity index (χ1n) is 5.36. The molecule has 0 bridgehead atoms. The molecule has 16 heavy (non-hydrogen) atoms. The maximum Gasteiger partial charge on any atom is 0.268 e. The fourth-order valence-corrected chi connectivity index (χ4v) is 1.64. The van der Waals surface area contributed by atoms with Crippen LogP contribution in [-0.2, 0) is 6.54 Å². The van der Waals surface area contributed by atoms with Crippen molar-refractivity contribution in [2.24, 2.45) is 0 Å². The van der Waals surface area contributed by atoms with Crippen LogP contribution in [0.4, 0.5) is 0 Å². The summed E-state index contributed by atoms with van der Waals surface area (Å²) in [5, 5.41) is 12.3. The fourth-order valence-electron chi connectivity index (χ4n) is 1.42. The van der Waals surface area contributed by atoms with Crippen LogP contribution in [-0.4, -0.2) is 28.2 Å². The normalized spacial score (nSPS) is 12.5. The summed E-state index contributed by atoms with van der Waals surface area (Å²) in [6.45, 7) is 4.65. The first-order valence-corrected chi connectivity index (χ1v) is 5.74. The van der Waals surface area contributed by atoms with Gasteiger partial charge in [0.25, 0.3) is 5.91 Å². The van der Waals surface area contributed by atoms with Crippen molar-refractivity contribution >= 4 is 17.5 Å². The van der Waals surface area contributed by atoms with Gasteiger partial charge in [-0.3, -0.25) is 4.79 Å². The lowest BCUT2D eigenvalue weighted by molar-refractivity contribution is 0.0914. The van der Waals surface area contributed by atoms with Crippen LogP contribution < -0.4 is 5.32 Å². The van der Waals surface area contributed by atoms with Gasteiger partial charge in [-0.2, -0.15) is 0 Å². The van der Waals surface area contributed by atoms with Crippen molar-refractivity contribution in [1.29, 1.82) is 0 Å². The number of aryl methyl sites for hydroxylation is 1. The monoisotopic (exact) mass is 244 g/mol. The third kappa shape index (κ3) is 3.54. The summed E-state index contributed by atoms with van der Waals surface area (Å²) < 4.78 is 1.82. The molecule has 0 radical (unpaired) electrons. The van der Waals surface area contributed by atoms with Gasteiger partial charge in [0.05, 0.1) is 11.1 Å². The van der Waals surface area contributed by atoms with Gasteiger partial charge < -0.3 is 15.0 Å². The molecular formula is C11H17ClN2O2. The number of aliphatic hydroxyl groups excluding tert-OH is 1. The van der Waals surface area contributed by atoms with Crippen LogP contribution in [0.5, 0.6) is 0 Å². The van der Waals surface area contributed by atoms with E-state index in [2.05, 4.69) is 5.32 Å². The van der Waals surface area contributed by atoms with Crippen molar-refractivity contribution in [3.05, 3.63) is 23.0 Å². The second kappa shape index (κ2) is 5.92. The van der Waals surface area contributed by atoms with Crippen LogP contribution in [0.15, 0.2) is 12.3 Å². The van der Waals surface area contributed by atoms with E-state index in [9.17, 15) is 4.79 Å². The van der Waals surface area contributed by atoms with Crippen LogP contribution in [0.2, 0.25) is 5.02 Å². The van der Waals surface area contributed by atoms with Gasteiger partial charge in [-0.15, -0.1) is 0 Å². The Labute approximate surface area is 100 Å². The second-order valence-electron chi connectivity index (χ2n) is 3.80. The quantitative estimate of drug-likeness (QED) is 0.828. The van der Waals surface area contributed by atoms with E-state index in [-0.39, 0.29) is 12.5 Å². The van der Waals surface area contributed by atoms with Crippen molar-refractivity contribution < 1.29 is 9.90 Å². The van der Waals surface area contributed by atoms with Crippen LogP contribution in [0, 0.1) is 0 Å². The number of nitrogens with one attached hydrogen (secondary N) is 1. The van der Waals surface area contributed by atoms with Gasteiger partial charge in [0.15, 0.2) is 0 Å². The van der Waals surface area contributed by atoms with E-state index in [4.69, 9.17) is 16.7 Å². The Morgan fingerprint density at radius 3 is 2.94 bits per heavy atom. The Morgan fingerprint density at radius 1 is 1.69 bits per heavy atom. The van der Waals surface area contributed by atoms with E-state index in [1.54, 1.807) is 19.2 Å². The molecule has 4 nitrogen and oxygen atoms in total. The molecule has 1 rings (SSSR count). The lowest BCUT2D eigenvalue weighted by Crippen LogP contribution is -2.31. The Bertz CT molecular complexity index is 361. The van der Waals surface area contributed by atoms with Crippen LogP contribution in [0.1, 0.15) is 30.8 Å². The largest absolute Gasteiger partial charge is 0.392 e. The smallest absolute Gasteiger partial charge is 0.268 e. The molecule has 90 valence electrons. The van der Waals surface area contributed by atoms with E-state index < -0.39 is 6.10 Å². The first-order chi connectivity index (χ1) is 7.54. The highest BCUT2D eigenvalue weighted by Crippen LogP contribution is 2.14. The highest BCUT2D eigenvalue weighted by Gasteiger charge is 2.12. The average molecular weight is 245 g/mol. The van der Waals surface area contributed by atoms with E-state index in [0.717, 1.165) is 13.0 Å². The predicted molar refractivity (Wildman–Crippen MR) is 63.7 cm³/mol. The zero-order chi connectivity index (χ0) is 12.1. The van der Waals surface area contributed by atoms with Crippen molar-refractivity contribution in [3.8, 4) is 0 Å². The van der Waals surface area contributed by atoms with E-state index >= 15 is 0 Å². The molecular weight excluding hydrogens is 228 g/mol. The topological polar surface area (TPSA) is 54.3 Å². The van der Waals surface area contributed by atoms with Gasteiger partial charge >= 0.3 is 0 Å². The summed E-state index contributed by atoms with van der Waals surface area (Å²) in [5.41, 5.74) is 0.535. The molecule has 0 aliphatic heterocycles. The van der Waals surface area contributed by atoms with Gasteiger partial charge in [0, 0.05) is 19.3 Å². The lowest BCUT2D eigenvalue weighted by atomic mass is 10.3. The second-order valence-corrected chi connectivity index (χ2v) is 4.23. The number of nitrogens with zero attached hydrogens (tertiary/aromatic N) is 1. The van der Waals surface area contributed by atoms with E-state index in [0.29, 0.717) is 10.7 Å². The summed E-state index contributed by atoms with van der Waals surface area (Å²) in [7, 11) is 0. The first kappa shape index (κ1) is 13.1. The van der Waals surface area contributed by atoms with Crippen LogP contribution in [0.3, 0.4) is 0 Å². The summed E-state index contributed by atoms with van der Waals surface area (Å²) in [6.07, 6.45) is 2.12. The maximum absolute atomic E-state index is 11.8. The highest BCUT2D eigenvalue weighted by atomic mass is 35.5. The Balaban J connectivity index is 2.73. The van der Waals surface area contributed by atoms with Crippen molar-refractivity contribution in [1.82, 2.24) is 9.88 Å². The van der Waals surface area contributed by atoms with Gasteiger partial charge in [0.2, 0.25) is 0 Å². The Kier molecular flexibility index (Phi) is 4.83. The average Bonchev–Trinajstić information content (AvgIpc) is 2.56. The van der Waals surface area contributed by atoms with E-state index in [1.165, 1.54) is 0 Å². The van der Waals surface area contributed by atoms with Gasteiger partial charge in [-0.1, -0.05) is 18.5 Å². The number of rotatable bonds is 5. The Morgan fingerprint density at radius 2 is 2.38 bits per heavy atom. The molecule has 0 aliphatic carbocycles. The van der Waals surface area contributed by atoms with Gasteiger partial charge in [0.1, 0.15) is 5.69 Å². The van der Waals surface area contributed by atoms with Crippen molar-refractivity contribution in [2.45, 2.75) is 32.9 Å². The number of hydrogen-bond donors (Lipinski definition) is 2. The van der Waals surface area contributed by atoms with Gasteiger partial charge in [-0.25, -0.2) is 0 Å².